The van der Waals surface area contributed by atoms with Crippen molar-refractivity contribution in [1.82, 2.24) is 4.98 Å². The second-order valence-corrected chi connectivity index (χ2v) is 17.5. The van der Waals surface area contributed by atoms with E-state index in [9.17, 15) is 34.2 Å². The van der Waals surface area contributed by atoms with E-state index in [0.717, 1.165) is 28.3 Å². The highest BCUT2D eigenvalue weighted by Gasteiger charge is 2.69. The van der Waals surface area contributed by atoms with Crippen LogP contribution in [-0.2, 0) is 40.1 Å². The van der Waals surface area contributed by atoms with Crippen LogP contribution in [0.3, 0.4) is 0 Å². The Morgan fingerprint density at radius 1 is 1.02 bits per heavy atom. The standard InChI is InChI=1S/C46H51N3O9/c1-44-15-11-32(50)20-30(44)8-10-34-37-12-16-46(56,45(37,2)22-38(51)40(34)44)43(55)58-25-39(52)35-21-36(35)42(54)57-24-26-3-5-27(6-4-26)33(13-17-47)41(53)49-31-9-7-29-23-48-18-14-28(29)19-31/h3-7,9,11,14-15,18-20,23,33-38,40,51,56H,8,10,12-13,16-17,21-22,24-25,47H2,1-2H3,(H,49,53)/t33?,34?,35?,36?,37-,38-,40+,44-,45-,46-/m0/s1. The lowest BCUT2D eigenvalue weighted by Gasteiger charge is -2.59. The molecule has 0 bridgehead atoms. The van der Waals surface area contributed by atoms with Crippen molar-refractivity contribution in [1.29, 1.82) is 0 Å². The van der Waals surface area contributed by atoms with Crippen LogP contribution in [0.25, 0.3) is 10.8 Å². The van der Waals surface area contributed by atoms with Gasteiger partial charge in [-0.3, -0.25) is 24.2 Å². The van der Waals surface area contributed by atoms with Crippen LogP contribution in [0, 0.1) is 40.4 Å². The Morgan fingerprint density at radius 2 is 1.81 bits per heavy atom. The van der Waals surface area contributed by atoms with Crippen LogP contribution in [0.1, 0.15) is 75.8 Å². The van der Waals surface area contributed by atoms with Crippen molar-refractivity contribution in [3.63, 3.8) is 0 Å². The molecule has 5 aliphatic rings. The number of allylic oxidation sites excluding steroid dienone is 4. The molecule has 1 amide bonds. The number of nitrogens with two attached hydrogens (primary N) is 1. The van der Waals surface area contributed by atoms with Crippen LogP contribution >= 0.6 is 0 Å². The lowest BCUT2D eigenvalue weighted by Crippen LogP contribution is -2.61. The molecule has 5 N–H and O–H groups in total. The molecule has 58 heavy (non-hydrogen) atoms. The second kappa shape index (κ2) is 15.3. The average molecular weight is 790 g/mol. The molecule has 12 heteroatoms. The largest absolute Gasteiger partial charge is 0.461 e. The van der Waals surface area contributed by atoms with Gasteiger partial charge in [0.25, 0.3) is 0 Å². The van der Waals surface area contributed by atoms with Gasteiger partial charge in [-0.25, -0.2) is 4.79 Å². The van der Waals surface area contributed by atoms with E-state index in [0.29, 0.717) is 37.1 Å². The number of nitrogens with one attached hydrogen (secondary N) is 1. The molecule has 2 aromatic carbocycles. The number of carbonyl (C=O) groups is 5. The fourth-order valence-electron chi connectivity index (χ4n) is 11.0. The fourth-order valence-corrected chi connectivity index (χ4v) is 11.0. The van der Waals surface area contributed by atoms with Crippen LogP contribution in [0.2, 0.25) is 0 Å². The molecule has 0 saturated heterocycles. The van der Waals surface area contributed by atoms with E-state index in [1.807, 2.05) is 49.4 Å². The summed E-state index contributed by atoms with van der Waals surface area (Å²) in [6, 6.07) is 14.7. The number of nitrogens with zero attached hydrogens (tertiary/aromatic N) is 1. The van der Waals surface area contributed by atoms with E-state index in [4.69, 9.17) is 15.2 Å². The molecule has 4 saturated carbocycles. The first-order valence-electron chi connectivity index (χ1n) is 20.4. The minimum Gasteiger partial charge on any atom is -0.461 e. The molecule has 10 atom stereocenters. The molecule has 4 fully saturated rings. The summed E-state index contributed by atoms with van der Waals surface area (Å²) >= 11 is 0. The maximum atomic E-state index is 13.6. The zero-order chi connectivity index (χ0) is 41.0. The summed E-state index contributed by atoms with van der Waals surface area (Å²) in [5, 5.41) is 28.5. The summed E-state index contributed by atoms with van der Waals surface area (Å²) in [4.78, 5) is 69.2. The molecule has 4 unspecified atom stereocenters. The van der Waals surface area contributed by atoms with Crippen molar-refractivity contribution in [3.05, 3.63) is 95.9 Å². The molecule has 8 rings (SSSR count). The third-order valence-corrected chi connectivity index (χ3v) is 14.3. The lowest BCUT2D eigenvalue weighted by atomic mass is 9.46. The SMILES string of the molecule is C[C@]12C=CC(=O)C=C1CCC1[C@@H]2[C@@H](O)C[C@@]2(C)[C@H]1CC[C@]2(O)C(=O)OCC(=O)C1CC1C(=O)OCc1ccc(C(CCN)C(=O)Nc2ccc3cnccc3c2)cc1. The van der Waals surface area contributed by atoms with Gasteiger partial charge in [-0.15, -0.1) is 0 Å². The van der Waals surface area contributed by atoms with Crippen LogP contribution in [0.5, 0.6) is 0 Å². The number of pyridine rings is 1. The number of carbonyl (C=O) groups excluding carboxylic acids is 5. The molecule has 0 spiro atoms. The maximum absolute atomic E-state index is 13.6. The Balaban J connectivity index is 0.819. The summed E-state index contributed by atoms with van der Waals surface area (Å²) < 4.78 is 11.0. The van der Waals surface area contributed by atoms with Crippen molar-refractivity contribution < 1.29 is 43.7 Å². The van der Waals surface area contributed by atoms with E-state index < -0.39 is 64.6 Å². The fraction of sp³-hybridized carbons (Fsp3) is 0.478. The van der Waals surface area contributed by atoms with Gasteiger partial charge in [-0.1, -0.05) is 55.8 Å². The van der Waals surface area contributed by atoms with E-state index in [2.05, 4.69) is 17.2 Å². The molecular formula is C46H51N3O9. The van der Waals surface area contributed by atoms with Crippen LogP contribution in [0.4, 0.5) is 5.69 Å². The van der Waals surface area contributed by atoms with Gasteiger partial charge in [0, 0.05) is 46.1 Å². The van der Waals surface area contributed by atoms with Crippen molar-refractivity contribution in [3.8, 4) is 0 Å². The van der Waals surface area contributed by atoms with E-state index in [-0.39, 0.29) is 55.3 Å². The predicted molar refractivity (Wildman–Crippen MR) is 214 cm³/mol. The normalized spacial score (nSPS) is 32.6. The first-order chi connectivity index (χ1) is 27.8. The Kier molecular flexibility index (Phi) is 10.5. The van der Waals surface area contributed by atoms with Crippen LogP contribution in [0.15, 0.2) is 84.7 Å². The number of benzene rings is 2. The molecule has 304 valence electrons. The molecule has 12 nitrogen and oxygen atoms in total. The van der Waals surface area contributed by atoms with E-state index in [1.54, 1.807) is 36.7 Å². The molecule has 1 heterocycles. The van der Waals surface area contributed by atoms with Crippen LogP contribution < -0.4 is 11.1 Å². The Morgan fingerprint density at radius 3 is 2.59 bits per heavy atom. The molecular weight excluding hydrogens is 739 g/mol. The average Bonchev–Trinajstić information content (AvgIpc) is 3.97. The quantitative estimate of drug-likeness (QED) is 0.178. The van der Waals surface area contributed by atoms with Gasteiger partial charge in [0.05, 0.1) is 17.9 Å². The Hall–Kier alpha value is -5.04. The van der Waals surface area contributed by atoms with Crippen molar-refractivity contribution in [2.45, 2.75) is 83.0 Å². The number of aliphatic hydroxyl groups is 2. The Labute approximate surface area is 337 Å². The predicted octanol–water partition coefficient (Wildman–Crippen LogP) is 5.11. The summed E-state index contributed by atoms with van der Waals surface area (Å²) in [7, 11) is 0. The third-order valence-electron chi connectivity index (χ3n) is 14.3. The summed E-state index contributed by atoms with van der Waals surface area (Å²) in [6.45, 7) is 3.65. The highest BCUT2D eigenvalue weighted by Crippen LogP contribution is 2.67. The van der Waals surface area contributed by atoms with Gasteiger partial charge >= 0.3 is 11.9 Å². The number of rotatable bonds is 12. The van der Waals surface area contributed by atoms with Gasteiger partial charge < -0.3 is 30.7 Å². The minimum absolute atomic E-state index is 0.0170. The maximum Gasteiger partial charge on any atom is 0.339 e. The third kappa shape index (κ3) is 6.98. The number of ketones is 2. The lowest BCUT2D eigenvalue weighted by molar-refractivity contribution is -0.197. The summed E-state index contributed by atoms with van der Waals surface area (Å²) in [5.41, 5.74) is 5.75. The number of hydrogen-bond donors (Lipinski definition) is 4. The summed E-state index contributed by atoms with van der Waals surface area (Å²) in [5.74, 6) is -3.97. The molecule has 0 aliphatic heterocycles. The van der Waals surface area contributed by atoms with Crippen molar-refractivity contribution in [2.75, 3.05) is 18.5 Å². The monoisotopic (exact) mass is 789 g/mol. The number of aromatic nitrogens is 1. The van der Waals surface area contributed by atoms with Gasteiger partial charge in [0.15, 0.2) is 17.2 Å². The number of esters is 2. The highest BCUT2D eigenvalue weighted by atomic mass is 16.6. The molecule has 1 aromatic heterocycles. The number of hydrogen-bond acceptors (Lipinski definition) is 11. The zero-order valence-electron chi connectivity index (χ0n) is 32.9. The highest BCUT2D eigenvalue weighted by molar-refractivity contribution is 6.01. The number of aliphatic hydroxyl groups excluding tert-OH is 1. The van der Waals surface area contributed by atoms with E-state index >= 15 is 0 Å². The number of fused-ring (bicyclic) bond motifs is 6. The number of ether oxygens (including phenoxy) is 2. The second-order valence-electron chi connectivity index (χ2n) is 17.5. The van der Waals surface area contributed by atoms with Gasteiger partial charge in [-0.05, 0) is 110 Å². The molecule has 0 radical (unpaired) electrons. The number of anilines is 1. The Bertz CT molecular complexity index is 2220. The van der Waals surface area contributed by atoms with Gasteiger partial charge in [0.2, 0.25) is 5.91 Å². The first-order valence-corrected chi connectivity index (χ1v) is 20.4. The van der Waals surface area contributed by atoms with E-state index in [1.165, 1.54) is 0 Å². The number of Topliss-reactive ketones (excluding diaryl/α,β-unsaturated/α-hetero) is 1. The van der Waals surface area contributed by atoms with Gasteiger partial charge in [-0.2, -0.15) is 0 Å². The molecule has 3 aromatic rings. The van der Waals surface area contributed by atoms with Crippen molar-refractivity contribution >= 4 is 45.9 Å². The van der Waals surface area contributed by atoms with Crippen molar-refractivity contribution in [2.24, 2.45) is 46.2 Å². The minimum atomic E-state index is -1.87. The smallest absolute Gasteiger partial charge is 0.339 e. The summed E-state index contributed by atoms with van der Waals surface area (Å²) in [6.07, 6.45) is 11.0. The van der Waals surface area contributed by atoms with Gasteiger partial charge in [0.1, 0.15) is 13.2 Å². The van der Waals surface area contributed by atoms with Crippen LogP contribution in [-0.4, -0.2) is 69.5 Å². The first kappa shape index (κ1) is 39.8. The topological polar surface area (TPSA) is 195 Å². The number of amides is 1. The molecule has 5 aliphatic carbocycles. The zero-order valence-corrected chi connectivity index (χ0v) is 32.9.